The van der Waals surface area contributed by atoms with E-state index < -0.39 is 10.0 Å². The van der Waals surface area contributed by atoms with Crippen LogP contribution in [0.1, 0.15) is 41.5 Å². The van der Waals surface area contributed by atoms with Crippen LogP contribution >= 0.6 is 0 Å². The third-order valence-electron chi connectivity index (χ3n) is 6.06. The number of urea groups is 1. The summed E-state index contributed by atoms with van der Waals surface area (Å²) in [4.78, 5) is 12.6. The van der Waals surface area contributed by atoms with E-state index in [1.165, 1.54) is 21.9 Å². The Morgan fingerprint density at radius 3 is 2.47 bits per heavy atom. The van der Waals surface area contributed by atoms with E-state index in [0.29, 0.717) is 37.4 Å². The van der Waals surface area contributed by atoms with Crippen LogP contribution in [0.4, 0.5) is 4.79 Å². The number of hydrogen-bond acceptors (Lipinski definition) is 3. The van der Waals surface area contributed by atoms with Gasteiger partial charge in [-0.05, 0) is 67.9 Å². The molecule has 1 aliphatic carbocycles. The lowest BCUT2D eigenvalue weighted by Gasteiger charge is -2.31. The SMILES string of the molecule is Cc1ccc(S(=O)(=O)N2CCC(NC(=O)NCc3ccc4c(c3)CCC4)CC2)cc1. The van der Waals surface area contributed by atoms with Gasteiger partial charge in [0, 0.05) is 25.7 Å². The van der Waals surface area contributed by atoms with Crippen LogP contribution in [0.2, 0.25) is 0 Å². The number of benzene rings is 2. The highest BCUT2D eigenvalue weighted by Crippen LogP contribution is 2.23. The third kappa shape index (κ3) is 4.68. The normalized spacial score (nSPS) is 17.5. The van der Waals surface area contributed by atoms with Crippen molar-refractivity contribution in [3.63, 3.8) is 0 Å². The molecule has 2 aliphatic rings. The smallest absolute Gasteiger partial charge is 0.315 e. The predicted octanol–water partition coefficient (Wildman–Crippen LogP) is 3.14. The van der Waals surface area contributed by atoms with E-state index in [0.717, 1.165) is 24.0 Å². The van der Waals surface area contributed by atoms with Crippen molar-refractivity contribution in [2.45, 2.75) is 56.5 Å². The van der Waals surface area contributed by atoms with Gasteiger partial charge in [-0.15, -0.1) is 0 Å². The highest BCUT2D eigenvalue weighted by molar-refractivity contribution is 7.89. The van der Waals surface area contributed by atoms with E-state index in [2.05, 4.69) is 28.8 Å². The molecule has 30 heavy (non-hydrogen) atoms. The molecule has 1 fully saturated rings. The van der Waals surface area contributed by atoms with E-state index in [-0.39, 0.29) is 12.1 Å². The largest absolute Gasteiger partial charge is 0.335 e. The zero-order valence-corrected chi connectivity index (χ0v) is 18.2. The van der Waals surface area contributed by atoms with Gasteiger partial charge in [0.25, 0.3) is 0 Å². The summed E-state index contributed by atoms with van der Waals surface area (Å²) in [5, 5.41) is 5.92. The van der Waals surface area contributed by atoms with Crippen molar-refractivity contribution in [1.29, 1.82) is 0 Å². The number of rotatable bonds is 5. The first-order valence-corrected chi connectivity index (χ1v) is 12.1. The second-order valence-electron chi connectivity index (χ2n) is 8.28. The number of nitrogens with one attached hydrogen (secondary N) is 2. The molecule has 2 N–H and O–H groups in total. The molecule has 1 aliphatic heterocycles. The number of piperidine rings is 1. The Morgan fingerprint density at radius 1 is 1.03 bits per heavy atom. The first kappa shape index (κ1) is 20.9. The molecular weight excluding hydrogens is 398 g/mol. The van der Waals surface area contributed by atoms with E-state index >= 15 is 0 Å². The Labute approximate surface area is 178 Å². The molecule has 0 aromatic heterocycles. The topological polar surface area (TPSA) is 78.5 Å². The van der Waals surface area contributed by atoms with Crippen molar-refractivity contribution in [1.82, 2.24) is 14.9 Å². The van der Waals surface area contributed by atoms with Gasteiger partial charge in [0.15, 0.2) is 0 Å². The lowest BCUT2D eigenvalue weighted by Crippen LogP contribution is -2.48. The number of hydrogen-bond donors (Lipinski definition) is 2. The first-order chi connectivity index (χ1) is 14.4. The standard InChI is InChI=1S/C23H29N3O3S/c1-17-5-9-22(10-6-17)30(28,29)26-13-11-21(12-14-26)25-23(27)24-16-18-7-8-19-3-2-4-20(19)15-18/h5-10,15,21H,2-4,11-14,16H2,1H3,(H2,24,25,27). The van der Waals surface area contributed by atoms with E-state index in [4.69, 9.17) is 0 Å². The summed E-state index contributed by atoms with van der Waals surface area (Å²) in [6.45, 7) is 3.25. The van der Waals surface area contributed by atoms with Crippen molar-refractivity contribution < 1.29 is 13.2 Å². The highest BCUT2D eigenvalue weighted by atomic mass is 32.2. The summed E-state index contributed by atoms with van der Waals surface area (Å²) in [7, 11) is -3.48. The zero-order chi connectivity index (χ0) is 21.1. The van der Waals surface area contributed by atoms with Crippen LogP contribution in [0.3, 0.4) is 0 Å². The lowest BCUT2D eigenvalue weighted by molar-refractivity contribution is 0.227. The third-order valence-corrected chi connectivity index (χ3v) is 7.98. The first-order valence-electron chi connectivity index (χ1n) is 10.6. The fourth-order valence-corrected chi connectivity index (χ4v) is 5.72. The van der Waals surface area contributed by atoms with E-state index in [9.17, 15) is 13.2 Å². The number of amides is 2. The quantitative estimate of drug-likeness (QED) is 0.770. The van der Waals surface area contributed by atoms with Gasteiger partial charge in [0.05, 0.1) is 4.90 Å². The Hall–Kier alpha value is -2.38. The molecular formula is C23H29N3O3S. The van der Waals surface area contributed by atoms with Gasteiger partial charge in [-0.3, -0.25) is 0 Å². The van der Waals surface area contributed by atoms with Crippen molar-refractivity contribution >= 4 is 16.1 Å². The number of nitrogens with zero attached hydrogens (tertiary/aromatic N) is 1. The van der Waals surface area contributed by atoms with Crippen LogP contribution in [0.5, 0.6) is 0 Å². The minimum absolute atomic E-state index is 0.0190. The maximum absolute atomic E-state index is 12.8. The second-order valence-corrected chi connectivity index (χ2v) is 10.2. The van der Waals surface area contributed by atoms with Gasteiger partial charge in [0.1, 0.15) is 0 Å². The summed E-state index contributed by atoms with van der Waals surface area (Å²) >= 11 is 0. The lowest BCUT2D eigenvalue weighted by atomic mass is 10.1. The van der Waals surface area contributed by atoms with Gasteiger partial charge in [-0.25, -0.2) is 13.2 Å². The highest BCUT2D eigenvalue weighted by Gasteiger charge is 2.29. The van der Waals surface area contributed by atoms with Crippen LogP contribution in [0.15, 0.2) is 47.4 Å². The summed E-state index contributed by atoms with van der Waals surface area (Å²) in [5.74, 6) is 0. The minimum atomic E-state index is -3.48. The number of aryl methyl sites for hydroxylation is 3. The molecule has 1 saturated heterocycles. The van der Waals surface area contributed by atoms with Crippen LogP contribution < -0.4 is 10.6 Å². The molecule has 1 heterocycles. The Kier molecular flexibility index (Phi) is 6.11. The van der Waals surface area contributed by atoms with Gasteiger partial charge in [-0.1, -0.05) is 35.9 Å². The second kappa shape index (κ2) is 8.78. The average molecular weight is 428 g/mol. The Morgan fingerprint density at radius 2 is 1.73 bits per heavy atom. The van der Waals surface area contributed by atoms with Crippen molar-refractivity contribution in [2.75, 3.05) is 13.1 Å². The molecule has 0 saturated carbocycles. The summed E-state index contributed by atoms with van der Waals surface area (Å²) in [6, 6.07) is 13.2. The van der Waals surface area contributed by atoms with Crippen LogP contribution in [0.25, 0.3) is 0 Å². The zero-order valence-electron chi connectivity index (χ0n) is 17.4. The molecule has 2 amide bonds. The molecule has 4 rings (SSSR count). The van der Waals surface area contributed by atoms with Gasteiger partial charge in [-0.2, -0.15) is 4.31 Å². The van der Waals surface area contributed by atoms with Gasteiger partial charge >= 0.3 is 6.03 Å². The van der Waals surface area contributed by atoms with Crippen molar-refractivity contribution in [3.8, 4) is 0 Å². The Balaban J connectivity index is 1.25. The summed E-state index contributed by atoms with van der Waals surface area (Å²) in [5.41, 5.74) is 4.97. The van der Waals surface area contributed by atoms with E-state index in [1.54, 1.807) is 12.1 Å². The Bertz CT molecular complexity index is 1010. The molecule has 0 radical (unpaired) electrons. The van der Waals surface area contributed by atoms with Crippen molar-refractivity contribution in [2.24, 2.45) is 0 Å². The maximum Gasteiger partial charge on any atom is 0.315 e. The minimum Gasteiger partial charge on any atom is -0.335 e. The molecule has 0 bridgehead atoms. The van der Waals surface area contributed by atoms with Gasteiger partial charge in [0.2, 0.25) is 10.0 Å². The molecule has 2 aromatic rings. The fourth-order valence-electron chi connectivity index (χ4n) is 4.25. The maximum atomic E-state index is 12.8. The predicted molar refractivity (Wildman–Crippen MR) is 117 cm³/mol. The molecule has 6 nitrogen and oxygen atoms in total. The van der Waals surface area contributed by atoms with Crippen molar-refractivity contribution in [3.05, 3.63) is 64.7 Å². The van der Waals surface area contributed by atoms with Crippen LogP contribution in [-0.2, 0) is 29.4 Å². The number of carbonyl (C=O) groups excluding carboxylic acids is 1. The molecule has 160 valence electrons. The molecule has 2 aromatic carbocycles. The molecule has 0 spiro atoms. The molecule has 0 unspecified atom stereocenters. The summed E-state index contributed by atoms with van der Waals surface area (Å²) in [6.07, 6.45) is 4.71. The average Bonchev–Trinajstić information content (AvgIpc) is 3.21. The molecule has 0 atom stereocenters. The number of sulfonamides is 1. The number of fused-ring (bicyclic) bond motifs is 1. The summed E-state index contributed by atoms with van der Waals surface area (Å²) < 4.78 is 27.1. The van der Waals surface area contributed by atoms with Crippen LogP contribution in [-0.4, -0.2) is 37.9 Å². The molecule has 7 heteroatoms. The van der Waals surface area contributed by atoms with E-state index in [1.807, 2.05) is 19.1 Å². The van der Waals surface area contributed by atoms with Crippen LogP contribution in [0, 0.1) is 6.92 Å². The number of carbonyl (C=O) groups is 1. The monoisotopic (exact) mass is 427 g/mol. The fraction of sp³-hybridized carbons (Fsp3) is 0.435. The van der Waals surface area contributed by atoms with Gasteiger partial charge < -0.3 is 10.6 Å².